The summed E-state index contributed by atoms with van der Waals surface area (Å²) in [5.74, 6) is 0.583. The molecule has 3 rings (SSSR count). The van der Waals surface area contributed by atoms with Crippen LogP contribution in [-0.4, -0.2) is 32.3 Å². The van der Waals surface area contributed by atoms with E-state index in [2.05, 4.69) is 36.8 Å². The summed E-state index contributed by atoms with van der Waals surface area (Å²) in [5.41, 5.74) is 2.25. The van der Waals surface area contributed by atoms with Crippen molar-refractivity contribution in [1.82, 2.24) is 20.1 Å². The maximum Gasteiger partial charge on any atom is 0.251 e. The van der Waals surface area contributed by atoms with Crippen molar-refractivity contribution in [3.8, 4) is 0 Å². The van der Waals surface area contributed by atoms with Crippen molar-refractivity contribution in [3.05, 3.63) is 68.9 Å². The molecule has 0 radical (unpaired) electrons. The molecule has 180 valence electrons. The first-order valence-electron chi connectivity index (χ1n) is 10.9. The minimum absolute atomic E-state index is 0.0894. The molecule has 0 saturated carbocycles. The normalized spacial score (nSPS) is 12.0. The molecule has 7 nitrogen and oxygen atoms in total. The Bertz CT molecular complexity index is 1180. The zero-order valence-electron chi connectivity index (χ0n) is 19.4. The maximum absolute atomic E-state index is 12.9. The topological polar surface area (TPSA) is 88.9 Å². The molecular formula is C24H27BrClN5O2S. The van der Waals surface area contributed by atoms with Crippen molar-refractivity contribution in [3.63, 3.8) is 0 Å². The molecule has 2 amide bonds. The van der Waals surface area contributed by atoms with Crippen LogP contribution >= 0.6 is 39.3 Å². The van der Waals surface area contributed by atoms with Gasteiger partial charge in [0.1, 0.15) is 0 Å². The molecular weight excluding hydrogens is 538 g/mol. The van der Waals surface area contributed by atoms with Crippen LogP contribution < -0.4 is 10.6 Å². The summed E-state index contributed by atoms with van der Waals surface area (Å²) in [5, 5.41) is 15.8. The lowest BCUT2D eigenvalue weighted by molar-refractivity contribution is -0.113. The van der Waals surface area contributed by atoms with Crippen molar-refractivity contribution in [2.75, 3.05) is 11.1 Å². The fraction of sp³-hybridized carbons (Fsp3) is 0.333. The van der Waals surface area contributed by atoms with E-state index in [1.54, 1.807) is 24.3 Å². The second-order valence-corrected chi connectivity index (χ2v) is 10.3. The summed E-state index contributed by atoms with van der Waals surface area (Å²) in [4.78, 5) is 25.3. The minimum atomic E-state index is -0.325. The van der Waals surface area contributed by atoms with Crippen molar-refractivity contribution in [2.45, 2.75) is 45.4 Å². The Hall–Kier alpha value is -2.36. The molecule has 3 aromatic rings. The zero-order chi connectivity index (χ0) is 24.8. The number of hydrogen-bond donors (Lipinski definition) is 2. The standard InChI is InChI=1S/C24H27BrClN5O2S/c1-5-31-22(21(14(2)3)28-23(33)16-8-6-7-15(4)11-16)29-30-24(31)34-13-20(32)27-17-9-10-18(25)19(26)12-17/h6-12,14,21H,5,13H2,1-4H3,(H,27,32)(H,28,33)/t21-/m1/s1. The third-order valence-corrected chi connectivity index (χ3v) is 7.31. The van der Waals surface area contributed by atoms with E-state index >= 15 is 0 Å². The van der Waals surface area contributed by atoms with Crippen molar-refractivity contribution in [2.24, 2.45) is 5.92 Å². The number of carbonyl (C=O) groups excluding carboxylic acids is 2. The predicted molar refractivity (Wildman–Crippen MR) is 140 cm³/mol. The van der Waals surface area contributed by atoms with Crippen molar-refractivity contribution in [1.29, 1.82) is 0 Å². The van der Waals surface area contributed by atoms with E-state index in [4.69, 9.17) is 11.6 Å². The van der Waals surface area contributed by atoms with Gasteiger partial charge in [-0.25, -0.2) is 0 Å². The zero-order valence-corrected chi connectivity index (χ0v) is 22.6. The first-order chi connectivity index (χ1) is 16.2. The van der Waals surface area contributed by atoms with Gasteiger partial charge in [-0.05, 0) is 66.0 Å². The van der Waals surface area contributed by atoms with E-state index in [9.17, 15) is 9.59 Å². The smallest absolute Gasteiger partial charge is 0.251 e. The third kappa shape index (κ3) is 6.61. The van der Waals surface area contributed by atoms with Crippen LogP contribution in [0.2, 0.25) is 5.02 Å². The Kier molecular flexibility index (Phi) is 9.16. The number of amides is 2. The van der Waals surface area contributed by atoms with E-state index in [-0.39, 0.29) is 29.5 Å². The van der Waals surface area contributed by atoms with Crippen LogP contribution in [0.3, 0.4) is 0 Å². The molecule has 0 aliphatic heterocycles. The average molecular weight is 565 g/mol. The highest BCUT2D eigenvalue weighted by Crippen LogP contribution is 2.27. The van der Waals surface area contributed by atoms with Crippen molar-refractivity contribution < 1.29 is 9.59 Å². The fourth-order valence-electron chi connectivity index (χ4n) is 3.38. The van der Waals surface area contributed by atoms with Gasteiger partial charge in [-0.3, -0.25) is 9.59 Å². The first kappa shape index (κ1) is 26.2. The fourth-order valence-corrected chi connectivity index (χ4v) is 4.61. The van der Waals surface area contributed by atoms with Gasteiger partial charge in [-0.2, -0.15) is 0 Å². The molecule has 0 fully saturated rings. The van der Waals surface area contributed by atoms with Gasteiger partial charge in [0, 0.05) is 22.3 Å². The largest absolute Gasteiger partial charge is 0.342 e. The number of hydrogen-bond acceptors (Lipinski definition) is 5. The maximum atomic E-state index is 12.9. The summed E-state index contributed by atoms with van der Waals surface area (Å²) in [6.07, 6.45) is 0. The second kappa shape index (κ2) is 11.9. The molecule has 2 aromatic carbocycles. The molecule has 1 aromatic heterocycles. The van der Waals surface area contributed by atoms with Crippen LogP contribution in [0.25, 0.3) is 0 Å². The number of thioether (sulfide) groups is 1. The summed E-state index contributed by atoms with van der Waals surface area (Å²) in [6.45, 7) is 8.60. The highest BCUT2D eigenvalue weighted by Gasteiger charge is 2.26. The van der Waals surface area contributed by atoms with Gasteiger partial charge < -0.3 is 15.2 Å². The summed E-state index contributed by atoms with van der Waals surface area (Å²) in [7, 11) is 0. The lowest BCUT2D eigenvalue weighted by Crippen LogP contribution is -2.33. The predicted octanol–water partition coefficient (Wildman–Crippen LogP) is 5.88. The molecule has 0 saturated heterocycles. The Morgan fingerprint density at radius 2 is 1.94 bits per heavy atom. The van der Waals surface area contributed by atoms with Crippen LogP contribution in [0.4, 0.5) is 5.69 Å². The number of nitrogens with one attached hydrogen (secondary N) is 2. The van der Waals surface area contributed by atoms with Gasteiger partial charge in [-0.15, -0.1) is 10.2 Å². The van der Waals surface area contributed by atoms with Gasteiger partial charge in [0.05, 0.1) is 16.8 Å². The molecule has 1 atom stereocenters. The van der Waals surface area contributed by atoms with E-state index in [1.807, 2.05) is 50.5 Å². The van der Waals surface area contributed by atoms with Crippen molar-refractivity contribution >= 4 is 56.8 Å². The molecule has 1 heterocycles. The Morgan fingerprint density at radius 1 is 1.18 bits per heavy atom. The number of rotatable bonds is 9. The van der Waals surface area contributed by atoms with Gasteiger partial charge in [0.2, 0.25) is 5.91 Å². The van der Waals surface area contributed by atoms with Crippen LogP contribution in [0.5, 0.6) is 0 Å². The lowest BCUT2D eigenvalue weighted by atomic mass is 10.0. The molecule has 0 unspecified atom stereocenters. The highest BCUT2D eigenvalue weighted by molar-refractivity contribution is 9.10. The number of nitrogens with zero attached hydrogens (tertiary/aromatic N) is 3. The number of aromatic nitrogens is 3. The third-order valence-electron chi connectivity index (χ3n) is 5.11. The number of benzene rings is 2. The van der Waals surface area contributed by atoms with Gasteiger partial charge in [-0.1, -0.05) is 54.9 Å². The monoisotopic (exact) mass is 563 g/mol. The summed E-state index contributed by atoms with van der Waals surface area (Å²) < 4.78 is 2.70. The van der Waals surface area contributed by atoms with Crippen LogP contribution in [0.1, 0.15) is 48.6 Å². The van der Waals surface area contributed by atoms with Gasteiger partial charge >= 0.3 is 0 Å². The Morgan fingerprint density at radius 3 is 2.59 bits per heavy atom. The summed E-state index contributed by atoms with van der Waals surface area (Å²) in [6, 6.07) is 12.4. The molecule has 2 N–H and O–H groups in total. The van der Waals surface area contributed by atoms with Crippen LogP contribution in [0, 0.1) is 12.8 Å². The van der Waals surface area contributed by atoms with E-state index < -0.39 is 0 Å². The van der Waals surface area contributed by atoms with Gasteiger partial charge in [0.15, 0.2) is 11.0 Å². The molecule has 34 heavy (non-hydrogen) atoms. The Balaban J connectivity index is 1.71. The first-order valence-corrected chi connectivity index (χ1v) is 13.0. The number of halogens is 2. The molecule has 0 aliphatic carbocycles. The molecule has 0 aliphatic rings. The van der Waals surface area contributed by atoms with Gasteiger partial charge in [0.25, 0.3) is 5.91 Å². The molecule has 0 spiro atoms. The quantitative estimate of drug-likeness (QED) is 0.317. The second-order valence-electron chi connectivity index (χ2n) is 8.12. The molecule has 0 bridgehead atoms. The highest BCUT2D eigenvalue weighted by atomic mass is 79.9. The SMILES string of the molecule is CCn1c(SCC(=O)Nc2ccc(Br)c(Cl)c2)nnc1[C@H](NC(=O)c1cccc(C)c1)C(C)C. The van der Waals surface area contributed by atoms with E-state index in [1.165, 1.54) is 11.8 Å². The Labute approximate surface area is 217 Å². The van der Waals surface area contributed by atoms with Crippen LogP contribution in [0.15, 0.2) is 52.1 Å². The number of anilines is 1. The molecule has 10 heteroatoms. The average Bonchev–Trinajstić information content (AvgIpc) is 3.20. The minimum Gasteiger partial charge on any atom is -0.342 e. The van der Waals surface area contributed by atoms with E-state index in [0.717, 1.165) is 10.0 Å². The van der Waals surface area contributed by atoms with E-state index in [0.29, 0.717) is 33.8 Å². The lowest BCUT2D eigenvalue weighted by Gasteiger charge is -2.22. The number of carbonyl (C=O) groups is 2. The summed E-state index contributed by atoms with van der Waals surface area (Å²) >= 11 is 10.7. The van der Waals surface area contributed by atoms with Crippen LogP contribution in [-0.2, 0) is 11.3 Å². The number of aryl methyl sites for hydroxylation is 1.